The Morgan fingerprint density at radius 3 is 2.35 bits per heavy atom. The van der Waals surface area contributed by atoms with E-state index >= 15 is 0 Å². The van der Waals surface area contributed by atoms with Crippen LogP contribution in [0.3, 0.4) is 0 Å². The van der Waals surface area contributed by atoms with E-state index in [0.717, 1.165) is 12.3 Å². The van der Waals surface area contributed by atoms with E-state index in [0.29, 0.717) is 37.1 Å². The molecule has 0 atom stereocenters. The highest BCUT2D eigenvalue weighted by atomic mass is 32.1. The Kier molecular flexibility index (Phi) is 4.29. The minimum atomic E-state index is -4.36. The molecule has 0 unspecified atom stereocenters. The number of anilines is 1. The van der Waals surface area contributed by atoms with E-state index in [2.05, 4.69) is 10.4 Å². The quantitative estimate of drug-likeness (QED) is 0.458. The minimum absolute atomic E-state index is 0.463. The maximum atomic E-state index is 12.4. The zero-order valence-electron chi connectivity index (χ0n) is 10.5. The third-order valence-corrected chi connectivity index (χ3v) is 3.47. The molecule has 2 heterocycles. The fourth-order valence-electron chi connectivity index (χ4n) is 1.97. The Hall–Kier alpha value is -1.61. The van der Waals surface area contributed by atoms with Crippen molar-refractivity contribution in [2.45, 2.75) is 6.18 Å². The van der Waals surface area contributed by atoms with E-state index in [-0.39, 0.29) is 0 Å². The van der Waals surface area contributed by atoms with Crippen LogP contribution < -0.4 is 16.2 Å². The fraction of sp³-hybridized carbons (Fsp3) is 0.455. The summed E-state index contributed by atoms with van der Waals surface area (Å²) in [6.45, 7) is 2.54. The Labute approximate surface area is 119 Å². The molecule has 0 bridgehead atoms. The van der Waals surface area contributed by atoms with Crippen molar-refractivity contribution < 1.29 is 13.2 Å². The lowest BCUT2D eigenvalue weighted by atomic mass is 10.2. The summed E-state index contributed by atoms with van der Waals surface area (Å²) in [6, 6.07) is 2.43. The summed E-state index contributed by atoms with van der Waals surface area (Å²) in [5.41, 5.74) is 1.67. The fourth-order valence-corrected chi connectivity index (χ4v) is 2.15. The molecule has 1 aliphatic rings. The molecule has 20 heavy (non-hydrogen) atoms. The second-order valence-corrected chi connectivity index (χ2v) is 4.71. The highest BCUT2D eigenvalue weighted by molar-refractivity contribution is 7.80. The summed E-state index contributed by atoms with van der Waals surface area (Å²) in [5.74, 6) is 5.77. The van der Waals surface area contributed by atoms with Crippen molar-refractivity contribution in [2.24, 2.45) is 5.84 Å². The lowest BCUT2D eigenvalue weighted by Crippen LogP contribution is -2.53. The lowest BCUT2D eigenvalue weighted by Gasteiger charge is -2.36. The van der Waals surface area contributed by atoms with Gasteiger partial charge < -0.3 is 15.2 Å². The first-order chi connectivity index (χ1) is 9.41. The maximum absolute atomic E-state index is 12.4. The first kappa shape index (κ1) is 14.8. The van der Waals surface area contributed by atoms with Gasteiger partial charge in [-0.15, -0.1) is 0 Å². The molecule has 1 aliphatic heterocycles. The van der Waals surface area contributed by atoms with Gasteiger partial charge in [0.1, 0.15) is 5.82 Å². The second kappa shape index (κ2) is 5.80. The van der Waals surface area contributed by atoms with E-state index in [4.69, 9.17) is 18.1 Å². The van der Waals surface area contributed by atoms with Crippen LogP contribution in [0.1, 0.15) is 5.56 Å². The number of hydrazine groups is 1. The summed E-state index contributed by atoms with van der Waals surface area (Å²) in [4.78, 5) is 7.68. The average molecular weight is 305 g/mol. The summed E-state index contributed by atoms with van der Waals surface area (Å²) in [6.07, 6.45) is -3.50. The molecule has 2 rings (SSSR count). The monoisotopic (exact) mass is 305 g/mol. The molecule has 0 saturated carbocycles. The number of hydrogen-bond acceptors (Lipinski definition) is 4. The smallest absolute Gasteiger partial charge is 0.353 e. The van der Waals surface area contributed by atoms with Gasteiger partial charge in [-0.2, -0.15) is 13.2 Å². The van der Waals surface area contributed by atoms with E-state index in [1.165, 1.54) is 6.07 Å². The van der Waals surface area contributed by atoms with Gasteiger partial charge in [-0.3, -0.25) is 0 Å². The van der Waals surface area contributed by atoms with E-state index < -0.39 is 11.7 Å². The zero-order valence-corrected chi connectivity index (χ0v) is 11.3. The van der Waals surface area contributed by atoms with Gasteiger partial charge in [0.05, 0.1) is 5.56 Å². The Morgan fingerprint density at radius 2 is 1.90 bits per heavy atom. The molecule has 1 saturated heterocycles. The number of hydrogen-bond donors (Lipinski definition) is 2. The van der Waals surface area contributed by atoms with Gasteiger partial charge in [-0.25, -0.2) is 10.8 Å². The largest absolute Gasteiger partial charge is 0.417 e. The van der Waals surface area contributed by atoms with E-state index in [9.17, 15) is 13.2 Å². The number of nitrogens with two attached hydrogens (primary N) is 1. The number of pyridine rings is 1. The number of rotatable bonds is 1. The molecule has 0 spiro atoms. The van der Waals surface area contributed by atoms with Crippen molar-refractivity contribution in [3.63, 3.8) is 0 Å². The Morgan fingerprint density at radius 1 is 1.25 bits per heavy atom. The molecule has 1 aromatic heterocycles. The highest BCUT2D eigenvalue weighted by Gasteiger charge is 2.31. The van der Waals surface area contributed by atoms with Crippen LogP contribution >= 0.6 is 12.2 Å². The molecule has 110 valence electrons. The van der Waals surface area contributed by atoms with Gasteiger partial charge in [-0.1, -0.05) is 0 Å². The summed E-state index contributed by atoms with van der Waals surface area (Å²) < 4.78 is 37.3. The molecule has 1 fully saturated rings. The maximum Gasteiger partial charge on any atom is 0.417 e. The molecular weight excluding hydrogens is 291 g/mol. The van der Waals surface area contributed by atoms with Crippen LogP contribution in [0.2, 0.25) is 0 Å². The number of halogens is 3. The van der Waals surface area contributed by atoms with Crippen molar-refractivity contribution in [1.29, 1.82) is 0 Å². The normalized spacial score (nSPS) is 16.2. The molecule has 3 N–H and O–H groups in total. The van der Waals surface area contributed by atoms with Gasteiger partial charge in [0.15, 0.2) is 5.11 Å². The van der Waals surface area contributed by atoms with Crippen molar-refractivity contribution in [3.05, 3.63) is 23.9 Å². The molecule has 9 heteroatoms. The standard InChI is InChI=1S/C11H14F3N5S/c12-11(13,14)8-1-2-9(16-7-8)18-3-5-19(6-4-18)10(20)17-15/h1-2,7H,3-6,15H2,(H,17,20). The molecule has 0 aliphatic carbocycles. The average Bonchev–Trinajstić information content (AvgIpc) is 2.46. The molecule has 0 amide bonds. The predicted octanol–water partition coefficient (Wildman–Crippen LogP) is 0.971. The SMILES string of the molecule is NNC(=S)N1CCN(c2ccc(C(F)(F)F)cn2)CC1. The number of nitrogens with one attached hydrogen (secondary N) is 1. The van der Waals surface area contributed by atoms with Crippen molar-refractivity contribution in [1.82, 2.24) is 15.3 Å². The van der Waals surface area contributed by atoms with Crippen LogP contribution in [-0.2, 0) is 6.18 Å². The van der Waals surface area contributed by atoms with Gasteiger partial charge >= 0.3 is 6.18 Å². The number of thiocarbonyl (C=S) groups is 1. The number of aromatic nitrogens is 1. The molecule has 1 aromatic rings. The molecule has 0 radical (unpaired) electrons. The Bertz CT molecular complexity index is 468. The van der Waals surface area contributed by atoms with Crippen molar-refractivity contribution >= 4 is 23.1 Å². The lowest BCUT2D eigenvalue weighted by molar-refractivity contribution is -0.137. The first-order valence-corrected chi connectivity index (χ1v) is 6.36. The van der Waals surface area contributed by atoms with Crippen molar-refractivity contribution in [2.75, 3.05) is 31.1 Å². The van der Waals surface area contributed by atoms with Gasteiger partial charge in [0, 0.05) is 32.4 Å². The van der Waals surface area contributed by atoms with Crippen LogP contribution in [0.25, 0.3) is 0 Å². The van der Waals surface area contributed by atoms with E-state index in [1.54, 1.807) is 0 Å². The topological polar surface area (TPSA) is 57.4 Å². The van der Waals surface area contributed by atoms with Crippen LogP contribution in [0, 0.1) is 0 Å². The zero-order chi connectivity index (χ0) is 14.8. The third kappa shape index (κ3) is 3.28. The van der Waals surface area contributed by atoms with E-state index in [1.807, 2.05) is 9.80 Å². The summed E-state index contributed by atoms with van der Waals surface area (Å²) >= 11 is 5.02. The van der Waals surface area contributed by atoms with Gasteiger partial charge in [0.25, 0.3) is 0 Å². The van der Waals surface area contributed by atoms with Crippen LogP contribution in [-0.4, -0.2) is 41.2 Å². The first-order valence-electron chi connectivity index (χ1n) is 5.95. The van der Waals surface area contributed by atoms with Crippen LogP contribution in [0.5, 0.6) is 0 Å². The van der Waals surface area contributed by atoms with Crippen molar-refractivity contribution in [3.8, 4) is 0 Å². The minimum Gasteiger partial charge on any atom is -0.353 e. The third-order valence-electron chi connectivity index (χ3n) is 3.09. The molecule has 0 aromatic carbocycles. The van der Waals surface area contributed by atoms with Gasteiger partial charge in [0.2, 0.25) is 0 Å². The highest BCUT2D eigenvalue weighted by Crippen LogP contribution is 2.29. The number of alkyl halides is 3. The second-order valence-electron chi connectivity index (χ2n) is 4.33. The molecular formula is C11H14F3N5S. The predicted molar refractivity (Wildman–Crippen MR) is 72.9 cm³/mol. The molecule has 5 nitrogen and oxygen atoms in total. The Balaban J connectivity index is 1.99. The van der Waals surface area contributed by atoms with Crippen LogP contribution in [0.4, 0.5) is 19.0 Å². The van der Waals surface area contributed by atoms with Gasteiger partial charge in [-0.05, 0) is 24.4 Å². The number of nitrogens with zero attached hydrogens (tertiary/aromatic N) is 3. The summed E-state index contributed by atoms with van der Waals surface area (Å²) in [7, 11) is 0. The summed E-state index contributed by atoms with van der Waals surface area (Å²) in [5, 5.41) is 0.463. The van der Waals surface area contributed by atoms with Crippen LogP contribution in [0.15, 0.2) is 18.3 Å². The number of piperazine rings is 1.